The van der Waals surface area contributed by atoms with Crippen LogP contribution in [-0.4, -0.2) is 72.5 Å². The number of hydrogen-bond acceptors (Lipinski definition) is 9. The normalized spacial score (nSPS) is 31.9. The molecule has 0 spiro atoms. The fourth-order valence-electron chi connectivity index (χ4n) is 6.77. The van der Waals surface area contributed by atoms with Gasteiger partial charge in [0.25, 0.3) is 0 Å². The topological polar surface area (TPSA) is 112 Å². The highest BCUT2D eigenvalue weighted by Crippen LogP contribution is 2.60. The maximum atomic E-state index is 13.8. The van der Waals surface area contributed by atoms with E-state index in [0.29, 0.717) is 49.8 Å². The lowest BCUT2D eigenvalue weighted by Crippen LogP contribution is -2.76. The molecule has 2 heterocycles. The lowest BCUT2D eigenvalue weighted by molar-refractivity contribution is -0.192. The van der Waals surface area contributed by atoms with Gasteiger partial charge in [-0.1, -0.05) is 34.5 Å². The second kappa shape index (κ2) is 11.2. The van der Waals surface area contributed by atoms with Gasteiger partial charge in [-0.15, -0.1) is 0 Å². The molecule has 1 N–H and O–H groups in total. The summed E-state index contributed by atoms with van der Waals surface area (Å²) in [7, 11) is 1.62. The first-order valence-electron chi connectivity index (χ1n) is 13.9. The van der Waals surface area contributed by atoms with E-state index in [0.717, 1.165) is 17.9 Å². The van der Waals surface area contributed by atoms with Crippen LogP contribution in [0.2, 0.25) is 0 Å². The summed E-state index contributed by atoms with van der Waals surface area (Å²) < 4.78 is 20.4. The first-order valence-corrected chi connectivity index (χ1v) is 14.7. The van der Waals surface area contributed by atoms with Crippen molar-refractivity contribution >= 4 is 39.5 Å². The van der Waals surface area contributed by atoms with E-state index in [4.69, 9.17) is 18.9 Å². The summed E-state index contributed by atoms with van der Waals surface area (Å²) in [6.07, 6.45) is 5.84. The van der Waals surface area contributed by atoms with Crippen LogP contribution in [0, 0.1) is 5.41 Å². The lowest BCUT2D eigenvalue weighted by Gasteiger charge is -2.63. The predicted molar refractivity (Wildman–Crippen MR) is 151 cm³/mol. The number of alkyl halides is 1. The molecule has 3 fully saturated rings. The number of halogens is 1. The van der Waals surface area contributed by atoms with Crippen molar-refractivity contribution < 1.29 is 38.4 Å². The minimum Gasteiger partial charge on any atom is -0.497 e. The molecule has 10 heteroatoms. The van der Waals surface area contributed by atoms with E-state index in [1.54, 1.807) is 14.0 Å². The molecule has 5 rings (SSSR count). The van der Waals surface area contributed by atoms with Crippen LogP contribution < -0.4 is 9.64 Å². The van der Waals surface area contributed by atoms with Gasteiger partial charge in [0.1, 0.15) is 29.5 Å². The average molecular weight is 619 g/mol. The summed E-state index contributed by atoms with van der Waals surface area (Å²) in [6, 6.07) is 7.67. The Bertz CT molecular complexity index is 1230. The van der Waals surface area contributed by atoms with Crippen molar-refractivity contribution in [3.63, 3.8) is 0 Å². The number of ether oxygens (including phenoxy) is 4. The van der Waals surface area contributed by atoms with Gasteiger partial charge < -0.3 is 29.0 Å². The molecule has 2 aliphatic heterocycles. The van der Waals surface area contributed by atoms with Crippen molar-refractivity contribution in [3.8, 4) is 5.75 Å². The summed E-state index contributed by atoms with van der Waals surface area (Å²) in [5, 5.41) is 12.7. The predicted octanol–water partition coefficient (Wildman–Crippen LogP) is 4.64. The zero-order valence-corrected chi connectivity index (χ0v) is 24.5. The number of fused-ring (bicyclic) bond motifs is 2. The Morgan fingerprint density at radius 2 is 2.00 bits per heavy atom. The van der Waals surface area contributed by atoms with E-state index < -0.39 is 33.6 Å². The van der Waals surface area contributed by atoms with Gasteiger partial charge in [0.05, 0.1) is 18.0 Å². The monoisotopic (exact) mass is 617 g/mol. The number of allylic oxidation sites excluding steroid dienone is 2. The number of hydrogen-bond donors (Lipinski definition) is 1. The highest BCUT2D eigenvalue weighted by atomic mass is 79.9. The fraction of sp³-hybridized carbons (Fsp3) is 0.567. The summed E-state index contributed by atoms with van der Waals surface area (Å²) >= 11 is 3.95. The SMILES string of the molecule is CCOC(=O)[C@@]12CCC[C@@](Br)(CN(c3ccc(OC)cc3)C1)[C@]2(O)C/C=C(/CC1COC(=O)O1)C1=CCCC1=O. The van der Waals surface area contributed by atoms with Crippen molar-refractivity contribution in [3.05, 3.63) is 47.6 Å². The highest BCUT2D eigenvalue weighted by molar-refractivity contribution is 9.10. The number of methoxy groups -OCH3 is 1. The van der Waals surface area contributed by atoms with E-state index in [1.807, 2.05) is 36.4 Å². The molecule has 1 aromatic carbocycles. The molecule has 0 aromatic heterocycles. The molecule has 1 unspecified atom stereocenters. The van der Waals surface area contributed by atoms with Crippen molar-refractivity contribution in [2.45, 2.75) is 67.9 Å². The Morgan fingerprint density at radius 1 is 1.23 bits per heavy atom. The maximum absolute atomic E-state index is 13.8. The van der Waals surface area contributed by atoms with E-state index >= 15 is 0 Å². The van der Waals surface area contributed by atoms with Crippen molar-refractivity contribution in [1.29, 1.82) is 0 Å². The van der Waals surface area contributed by atoms with Gasteiger partial charge in [-0.3, -0.25) is 9.59 Å². The Hall–Kier alpha value is -2.85. The Morgan fingerprint density at radius 3 is 2.62 bits per heavy atom. The molecule has 1 aromatic rings. The number of carbonyl (C=O) groups is 3. The molecular formula is C30H36BrNO8. The molecule has 2 bridgehead atoms. The van der Waals surface area contributed by atoms with Crippen LogP contribution in [0.25, 0.3) is 0 Å². The van der Waals surface area contributed by atoms with Gasteiger partial charge in [-0.05, 0) is 62.4 Å². The van der Waals surface area contributed by atoms with Crippen LogP contribution in [0.4, 0.5) is 10.5 Å². The van der Waals surface area contributed by atoms with Gasteiger partial charge >= 0.3 is 12.1 Å². The number of carbonyl (C=O) groups excluding carboxylic acids is 3. The number of anilines is 1. The van der Waals surface area contributed by atoms with Crippen LogP contribution in [0.5, 0.6) is 5.75 Å². The fourth-order valence-corrected chi connectivity index (χ4v) is 7.89. The number of cyclic esters (lactones) is 2. The van der Waals surface area contributed by atoms with Gasteiger partial charge in [0, 0.05) is 37.2 Å². The third kappa shape index (κ3) is 4.93. The summed E-state index contributed by atoms with van der Waals surface area (Å²) in [5.41, 5.74) is -0.528. The van der Waals surface area contributed by atoms with Gasteiger partial charge in [0.2, 0.25) is 0 Å². The number of nitrogens with zero attached hydrogens (tertiary/aromatic N) is 1. The largest absolute Gasteiger partial charge is 0.508 e. The number of rotatable bonds is 9. The Balaban J connectivity index is 1.53. The molecule has 1 saturated carbocycles. The molecule has 9 nitrogen and oxygen atoms in total. The van der Waals surface area contributed by atoms with Crippen molar-refractivity contribution in [2.75, 3.05) is 38.3 Å². The van der Waals surface area contributed by atoms with Crippen molar-refractivity contribution in [2.24, 2.45) is 5.41 Å². The van der Waals surface area contributed by atoms with Crippen LogP contribution in [0.3, 0.4) is 0 Å². The lowest BCUT2D eigenvalue weighted by atomic mass is 9.54. The molecular weight excluding hydrogens is 582 g/mol. The first-order chi connectivity index (χ1) is 19.1. The highest BCUT2D eigenvalue weighted by Gasteiger charge is 2.70. The van der Waals surface area contributed by atoms with E-state index in [2.05, 4.69) is 20.8 Å². The van der Waals surface area contributed by atoms with Gasteiger partial charge in [-0.2, -0.15) is 0 Å². The van der Waals surface area contributed by atoms with Crippen molar-refractivity contribution in [1.82, 2.24) is 0 Å². The number of Topliss-reactive ketones (excluding diaryl/α,β-unsaturated/α-hetero) is 1. The van der Waals surface area contributed by atoms with Gasteiger partial charge in [0.15, 0.2) is 5.78 Å². The number of benzene rings is 1. The molecule has 4 aliphatic rings. The van der Waals surface area contributed by atoms with E-state index in [-0.39, 0.29) is 32.0 Å². The molecule has 4 atom stereocenters. The third-order valence-corrected chi connectivity index (χ3v) is 10.1. The summed E-state index contributed by atoms with van der Waals surface area (Å²) in [4.78, 5) is 40.2. The second-order valence-corrected chi connectivity index (χ2v) is 12.6. The third-order valence-electron chi connectivity index (χ3n) is 8.82. The molecule has 2 saturated heterocycles. The van der Waals surface area contributed by atoms with E-state index in [1.165, 1.54) is 0 Å². The molecule has 0 radical (unpaired) electrons. The Kier molecular flexibility index (Phi) is 8.03. The van der Waals surface area contributed by atoms with Crippen LogP contribution in [-0.2, 0) is 23.8 Å². The minimum absolute atomic E-state index is 0.0201. The standard InChI is InChI=1S/C30H36BrNO8/c1-3-38-26(34)28-13-5-14-29(31,19-32(18-28)21-8-10-22(37-2)11-9-21)30(28,36)15-12-20(24-6-4-7-25(24)33)16-23-17-39-27(35)40-23/h6,8-12,23,36H,3-5,7,13-19H2,1-2H3/b20-12-/t23?,28-,29-,30+/m1/s1. The Labute approximate surface area is 242 Å². The molecule has 2 aliphatic carbocycles. The van der Waals surface area contributed by atoms with Crippen LogP contribution in [0.15, 0.2) is 47.6 Å². The molecule has 40 heavy (non-hydrogen) atoms. The number of aliphatic hydroxyl groups is 1. The first kappa shape index (κ1) is 28.7. The zero-order chi connectivity index (χ0) is 28.5. The molecule has 216 valence electrons. The van der Waals surface area contributed by atoms with Crippen LogP contribution >= 0.6 is 15.9 Å². The number of ketones is 1. The smallest absolute Gasteiger partial charge is 0.497 e. The summed E-state index contributed by atoms with van der Waals surface area (Å²) in [6.45, 7) is 2.82. The quantitative estimate of drug-likeness (QED) is 0.313. The minimum atomic E-state index is -1.51. The second-order valence-electron chi connectivity index (χ2n) is 11.1. The molecule has 0 amide bonds. The van der Waals surface area contributed by atoms with Gasteiger partial charge in [-0.25, -0.2) is 4.79 Å². The van der Waals surface area contributed by atoms with Crippen LogP contribution in [0.1, 0.15) is 51.9 Å². The average Bonchev–Trinajstić information content (AvgIpc) is 3.55. The summed E-state index contributed by atoms with van der Waals surface area (Å²) in [5.74, 6) is 0.327. The zero-order valence-electron chi connectivity index (χ0n) is 22.9. The maximum Gasteiger partial charge on any atom is 0.508 e. The number of piperidine rings is 1. The van der Waals surface area contributed by atoms with E-state index in [9.17, 15) is 19.5 Å². The number of esters is 1.